The van der Waals surface area contributed by atoms with E-state index in [1.165, 1.54) is 0 Å². The molecule has 140 valence electrons. The first-order valence-corrected chi connectivity index (χ1v) is 9.47. The number of morpholine rings is 1. The zero-order valence-electron chi connectivity index (χ0n) is 14.7. The Hall–Kier alpha value is -1.63. The highest BCUT2D eigenvalue weighted by atomic mass is 16.5. The third-order valence-electron chi connectivity index (χ3n) is 5.67. The van der Waals surface area contributed by atoms with Gasteiger partial charge in [0, 0.05) is 38.0 Å². The molecule has 7 nitrogen and oxygen atoms in total. The summed E-state index contributed by atoms with van der Waals surface area (Å²) >= 11 is 0. The Bertz CT molecular complexity index is 518. The molecule has 3 fully saturated rings. The molecule has 0 bridgehead atoms. The van der Waals surface area contributed by atoms with Gasteiger partial charge in [0.15, 0.2) is 0 Å². The zero-order chi connectivity index (χ0) is 17.8. The van der Waals surface area contributed by atoms with Crippen LogP contribution in [-0.2, 0) is 19.1 Å². The van der Waals surface area contributed by atoms with Gasteiger partial charge in [-0.3, -0.25) is 14.4 Å². The van der Waals surface area contributed by atoms with Gasteiger partial charge in [-0.15, -0.1) is 0 Å². The number of hydrogen-bond donors (Lipinski definition) is 1. The second kappa shape index (κ2) is 8.17. The maximum atomic E-state index is 13.1. The highest BCUT2D eigenvalue weighted by Gasteiger charge is 2.41. The molecule has 2 heterocycles. The van der Waals surface area contributed by atoms with E-state index in [2.05, 4.69) is 0 Å². The van der Waals surface area contributed by atoms with Gasteiger partial charge in [-0.25, -0.2) is 0 Å². The van der Waals surface area contributed by atoms with Crippen molar-refractivity contribution in [3.8, 4) is 0 Å². The number of hydrogen-bond acceptors (Lipinski definition) is 4. The van der Waals surface area contributed by atoms with Crippen molar-refractivity contribution in [2.75, 3.05) is 32.8 Å². The standard InChI is InChI=1S/C18H28N2O5/c21-16(22)11-13-12-20(9-10-25-13)18(24)15-6-2-1-5-14(15)17(23)19-7-3-4-8-19/h13-15H,1-12H2,(H,21,22). The first kappa shape index (κ1) is 18.2. The molecule has 0 aromatic rings. The Morgan fingerprint density at radius 2 is 1.48 bits per heavy atom. The zero-order valence-corrected chi connectivity index (χ0v) is 14.7. The number of likely N-dealkylation sites (tertiary alicyclic amines) is 1. The molecule has 0 aromatic heterocycles. The Labute approximate surface area is 148 Å². The van der Waals surface area contributed by atoms with Crippen LogP contribution in [-0.4, -0.2) is 71.6 Å². The van der Waals surface area contributed by atoms with E-state index in [9.17, 15) is 14.4 Å². The molecule has 1 aliphatic carbocycles. The van der Waals surface area contributed by atoms with Crippen molar-refractivity contribution in [1.29, 1.82) is 0 Å². The van der Waals surface area contributed by atoms with Crippen molar-refractivity contribution in [3.63, 3.8) is 0 Å². The SMILES string of the molecule is O=C(O)CC1CN(C(=O)C2CCCCC2C(=O)N2CCCC2)CCO1. The number of amides is 2. The van der Waals surface area contributed by atoms with Crippen molar-refractivity contribution < 1.29 is 24.2 Å². The molecule has 2 aliphatic heterocycles. The van der Waals surface area contributed by atoms with Crippen molar-refractivity contribution in [2.45, 2.75) is 51.0 Å². The molecule has 1 saturated carbocycles. The lowest BCUT2D eigenvalue weighted by Crippen LogP contribution is -2.51. The summed E-state index contributed by atoms with van der Waals surface area (Å²) in [6.45, 7) is 2.78. The van der Waals surface area contributed by atoms with E-state index in [0.29, 0.717) is 19.7 Å². The third-order valence-corrected chi connectivity index (χ3v) is 5.67. The normalized spacial score (nSPS) is 30.3. The van der Waals surface area contributed by atoms with Gasteiger partial charge in [-0.05, 0) is 25.7 Å². The van der Waals surface area contributed by atoms with Gasteiger partial charge < -0.3 is 19.6 Å². The lowest BCUT2D eigenvalue weighted by Gasteiger charge is -2.38. The van der Waals surface area contributed by atoms with Gasteiger partial charge in [0.2, 0.25) is 11.8 Å². The van der Waals surface area contributed by atoms with Crippen LogP contribution >= 0.6 is 0 Å². The van der Waals surface area contributed by atoms with Gasteiger partial charge in [-0.1, -0.05) is 12.8 Å². The van der Waals surface area contributed by atoms with Crippen LogP contribution < -0.4 is 0 Å². The van der Waals surface area contributed by atoms with E-state index in [4.69, 9.17) is 9.84 Å². The van der Waals surface area contributed by atoms with Crippen molar-refractivity contribution >= 4 is 17.8 Å². The van der Waals surface area contributed by atoms with Crippen molar-refractivity contribution in [1.82, 2.24) is 9.80 Å². The Morgan fingerprint density at radius 3 is 2.08 bits per heavy atom. The van der Waals surface area contributed by atoms with E-state index in [0.717, 1.165) is 51.6 Å². The highest BCUT2D eigenvalue weighted by molar-refractivity contribution is 5.88. The monoisotopic (exact) mass is 352 g/mol. The molecule has 3 atom stereocenters. The predicted octanol–water partition coefficient (Wildman–Crippen LogP) is 1.12. The van der Waals surface area contributed by atoms with Gasteiger partial charge in [0.25, 0.3) is 0 Å². The molecular weight excluding hydrogens is 324 g/mol. The van der Waals surface area contributed by atoms with E-state index >= 15 is 0 Å². The van der Waals surface area contributed by atoms with Crippen LogP contribution in [0.5, 0.6) is 0 Å². The number of carboxylic acids is 1. The van der Waals surface area contributed by atoms with E-state index in [-0.39, 0.29) is 30.1 Å². The Balaban J connectivity index is 1.65. The van der Waals surface area contributed by atoms with E-state index in [1.54, 1.807) is 4.90 Å². The molecule has 1 N–H and O–H groups in total. The van der Waals surface area contributed by atoms with E-state index < -0.39 is 12.1 Å². The number of aliphatic carboxylic acids is 1. The fraction of sp³-hybridized carbons (Fsp3) is 0.833. The number of carboxylic acid groups (broad SMARTS) is 1. The molecule has 0 aromatic carbocycles. The summed E-state index contributed by atoms with van der Waals surface area (Å²) in [5.41, 5.74) is 0. The van der Waals surface area contributed by atoms with Crippen LogP contribution in [0.15, 0.2) is 0 Å². The molecular formula is C18H28N2O5. The molecule has 0 radical (unpaired) electrons. The van der Waals surface area contributed by atoms with E-state index in [1.807, 2.05) is 4.90 Å². The lowest BCUT2D eigenvalue weighted by atomic mass is 9.77. The highest BCUT2D eigenvalue weighted by Crippen LogP contribution is 2.34. The number of rotatable bonds is 4. The average molecular weight is 352 g/mol. The summed E-state index contributed by atoms with van der Waals surface area (Å²) in [5, 5.41) is 8.94. The molecule has 3 unspecified atom stereocenters. The summed E-state index contributed by atoms with van der Waals surface area (Å²) in [6, 6.07) is 0. The molecule has 2 amide bonds. The molecule has 0 spiro atoms. The Kier molecular flexibility index (Phi) is 5.93. The first-order chi connectivity index (χ1) is 12.1. The summed E-state index contributed by atoms with van der Waals surface area (Å²) in [6.07, 6.45) is 5.08. The average Bonchev–Trinajstić information content (AvgIpc) is 3.15. The second-order valence-corrected chi connectivity index (χ2v) is 7.40. The minimum Gasteiger partial charge on any atom is -0.481 e. The van der Waals surface area contributed by atoms with Crippen molar-refractivity contribution in [2.24, 2.45) is 11.8 Å². The van der Waals surface area contributed by atoms with Gasteiger partial charge in [0.05, 0.1) is 19.1 Å². The maximum absolute atomic E-state index is 13.1. The maximum Gasteiger partial charge on any atom is 0.306 e. The van der Waals surface area contributed by atoms with Crippen LogP contribution in [0.1, 0.15) is 44.9 Å². The predicted molar refractivity (Wildman–Crippen MR) is 89.8 cm³/mol. The summed E-state index contributed by atoms with van der Waals surface area (Å²) < 4.78 is 5.46. The minimum absolute atomic E-state index is 0.0101. The molecule has 7 heteroatoms. The largest absolute Gasteiger partial charge is 0.481 e. The topological polar surface area (TPSA) is 87.2 Å². The summed E-state index contributed by atoms with van der Waals surface area (Å²) in [5.74, 6) is -1.23. The minimum atomic E-state index is -0.918. The number of ether oxygens (including phenoxy) is 1. The fourth-order valence-corrected chi connectivity index (χ4v) is 4.37. The van der Waals surface area contributed by atoms with Crippen LogP contribution in [0.4, 0.5) is 0 Å². The lowest BCUT2D eigenvalue weighted by molar-refractivity contribution is -0.154. The number of nitrogens with zero attached hydrogens (tertiary/aromatic N) is 2. The first-order valence-electron chi connectivity index (χ1n) is 9.47. The van der Waals surface area contributed by atoms with Crippen LogP contribution in [0.3, 0.4) is 0 Å². The second-order valence-electron chi connectivity index (χ2n) is 7.40. The third kappa shape index (κ3) is 4.32. The van der Waals surface area contributed by atoms with Gasteiger partial charge >= 0.3 is 5.97 Å². The Morgan fingerprint density at radius 1 is 0.880 bits per heavy atom. The van der Waals surface area contributed by atoms with Crippen LogP contribution in [0, 0.1) is 11.8 Å². The molecule has 3 rings (SSSR count). The summed E-state index contributed by atoms with van der Waals surface area (Å²) in [4.78, 5) is 40.5. The van der Waals surface area contributed by atoms with Gasteiger partial charge in [-0.2, -0.15) is 0 Å². The smallest absolute Gasteiger partial charge is 0.306 e. The molecule has 3 aliphatic rings. The number of carbonyl (C=O) groups is 3. The summed E-state index contributed by atoms with van der Waals surface area (Å²) in [7, 11) is 0. The van der Waals surface area contributed by atoms with Crippen LogP contribution in [0.2, 0.25) is 0 Å². The van der Waals surface area contributed by atoms with Crippen LogP contribution in [0.25, 0.3) is 0 Å². The quantitative estimate of drug-likeness (QED) is 0.819. The fourth-order valence-electron chi connectivity index (χ4n) is 4.37. The molecule has 2 saturated heterocycles. The number of carbonyl (C=O) groups excluding carboxylic acids is 2. The van der Waals surface area contributed by atoms with Crippen molar-refractivity contribution in [3.05, 3.63) is 0 Å². The molecule has 25 heavy (non-hydrogen) atoms. The van der Waals surface area contributed by atoms with Gasteiger partial charge in [0.1, 0.15) is 0 Å².